The number of nitrogens with one attached hydrogen (secondary N) is 2. The lowest BCUT2D eigenvalue weighted by Crippen LogP contribution is -2.60. The smallest absolute Gasteiger partial charge is 0.245 e. The molecule has 0 aliphatic carbocycles. The van der Waals surface area contributed by atoms with Crippen LogP contribution in [0.1, 0.15) is 73.3 Å². The third kappa shape index (κ3) is 9.56. The first-order valence-electron chi connectivity index (χ1n) is 19.8. The molecule has 2 amide bonds. The van der Waals surface area contributed by atoms with Crippen LogP contribution in [-0.4, -0.2) is 149 Å². The molecule has 0 spiro atoms. The highest BCUT2D eigenvalue weighted by Crippen LogP contribution is 2.39. The SMILES string of the molecule is CO[C@]1(C)C[C@H](OC2C(C)[C@@H](OC3OC(C)C[C@H](N(C)C)[C@H]3O)[C@](C)(O)C[C@@H](C)CN(C)C(=O)[C@H](Cc3c[nH]c4ccccc34)NC(=O)[C@@H]2C)OC(C)[C@@H]1O. The van der Waals surface area contributed by atoms with Crippen LogP contribution < -0.4 is 5.32 Å². The Kier molecular flexibility index (Phi) is 13.8. The second kappa shape index (κ2) is 17.5. The molecule has 14 nitrogen and oxygen atoms in total. The number of likely N-dealkylation sites (N-methyl/N-ethyl adjacent to an activating group) is 2. The molecule has 310 valence electrons. The number of hydrogen-bond acceptors (Lipinski definition) is 11. The molecule has 3 aliphatic heterocycles. The first kappa shape index (κ1) is 43.5. The van der Waals surface area contributed by atoms with Gasteiger partial charge in [-0.1, -0.05) is 39.0 Å². The summed E-state index contributed by atoms with van der Waals surface area (Å²) in [6.45, 7) is 13.0. The van der Waals surface area contributed by atoms with Crippen molar-refractivity contribution in [3.8, 4) is 0 Å². The van der Waals surface area contributed by atoms with E-state index in [1.165, 1.54) is 7.11 Å². The maximum atomic E-state index is 14.6. The van der Waals surface area contributed by atoms with Crippen LogP contribution >= 0.6 is 0 Å². The fraction of sp³-hybridized carbons (Fsp3) is 0.756. The van der Waals surface area contributed by atoms with Crippen LogP contribution in [0.2, 0.25) is 0 Å². The van der Waals surface area contributed by atoms with Gasteiger partial charge in [0, 0.05) is 62.6 Å². The number of nitrogens with zero attached hydrogens (tertiary/aromatic N) is 2. The van der Waals surface area contributed by atoms with Crippen molar-refractivity contribution >= 4 is 22.7 Å². The number of hydrogen-bond donors (Lipinski definition) is 5. The molecule has 14 heteroatoms. The van der Waals surface area contributed by atoms with Crippen molar-refractivity contribution in [3.05, 3.63) is 36.0 Å². The van der Waals surface area contributed by atoms with Gasteiger partial charge in [-0.25, -0.2) is 0 Å². The van der Waals surface area contributed by atoms with Crippen LogP contribution in [0.25, 0.3) is 10.9 Å². The number of aromatic nitrogens is 1. The Bertz CT molecular complexity index is 1600. The summed E-state index contributed by atoms with van der Waals surface area (Å²) in [7, 11) is 7.03. The maximum absolute atomic E-state index is 14.6. The maximum Gasteiger partial charge on any atom is 0.245 e. The molecule has 1 aromatic carbocycles. The monoisotopic (exact) mass is 774 g/mol. The van der Waals surface area contributed by atoms with Gasteiger partial charge in [-0.2, -0.15) is 0 Å². The molecule has 15 atom stereocenters. The van der Waals surface area contributed by atoms with Crippen molar-refractivity contribution in [2.75, 3.05) is 34.8 Å². The summed E-state index contributed by atoms with van der Waals surface area (Å²) in [5.41, 5.74) is -0.729. The number of carbonyl (C=O) groups excluding carboxylic acids is 2. The van der Waals surface area contributed by atoms with Gasteiger partial charge in [0.1, 0.15) is 18.2 Å². The number of fused-ring (bicyclic) bond motifs is 1. The van der Waals surface area contributed by atoms with E-state index in [-0.39, 0.29) is 43.2 Å². The molecule has 4 heterocycles. The lowest BCUT2D eigenvalue weighted by atomic mass is 9.77. The van der Waals surface area contributed by atoms with E-state index in [0.717, 1.165) is 16.5 Å². The zero-order valence-corrected chi connectivity index (χ0v) is 34.5. The largest absolute Gasteiger partial charge is 0.387 e. The van der Waals surface area contributed by atoms with Crippen LogP contribution in [-0.2, 0) is 39.7 Å². The van der Waals surface area contributed by atoms with Gasteiger partial charge in [-0.05, 0) is 72.2 Å². The number of benzene rings is 1. The van der Waals surface area contributed by atoms with Crippen molar-refractivity contribution < 1.29 is 48.6 Å². The summed E-state index contributed by atoms with van der Waals surface area (Å²) < 4.78 is 31.7. The van der Waals surface area contributed by atoms with E-state index in [0.29, 0.717) is 13.0 Å². The number of amides is 2. The van der Waals surface area contributed by atoms with E-state index in [4.69, 9.17) is 23.7 Å². The number of methoxy groups -OCH3 is 1. The number of carbonyl (C=O) groups is 2. The number of rotatable bonds is 8. The summed E-state index contributed by atoms with van der Waals surface area (Å²) in [5, 5.41) is 39.1. The van der Waals surface area contributed by atoms with Crippen molar-refractivity contribution in [1.29, 1.82) is 0 Å². The van der Waals surface area contributed by atoms with Gasteiger partial charge in [0.25, 0.3) is 0 Å². The zero-order chi connectivity index (χ0) is 40.6. The topological polar surface area (TPSA) is 175 Å². The van der Waals surface area contributed by atoms with Crippen LogP contribution in [0.5, 0.6) is 0 Å². The van der Waals surface area contributed by atoms with E-state index >= 15 is 0 Å². The Balaban J connectivity index is 1.56. The molecule has 0 saturated carbocycles. The number of aliphatic hydroxyl groups is 3. The van der Waals surface area contributed by atoms with Gasteiger partial charge in [0.15, 0.2) is 12.6 Å². The van der Waals surface area contributed by atoms with Crippen LogP contribution in [0.4, 0.5) is 0 Å². The molecular weight excluding hydrogens is 708 g/mol. The lowest BCUT2D eigenvalue weighted by Gasteiger charge is -2.48. The van der Waals surface area contributed by atoms with E-state index in [1.54, 1.807) is 39.6 Å². The van der Waals surface area contributed by atoms with Gasteiger partial charge < -0.3 is 59.1 Å². The standard InChI is InChI=1S/C41H66N4O10/c1-22-18-40(6,50)36(55-39-33(46)31(44(8)9)16-23(2)52-39)24(3)34(54-32-19-41(7,51-11)35(47)26(5)53-32)25(4)37(48)43-30(38(49)45(10)21-22)17-27-20-42-29-15-13-12-14-28(27)29/h12-15,20,22-26,30-36,39,42,46-47,50H,16-19,21H2,1-11H3,(H,43,48)/t22-,23?,24?,25-,26?,30+,31+,32+,33-,34?,35+,36-,39?,40-,41-/m1/s1. The summed E-state index contributed by atoms with van der Waals surface area (Å²) in [6, 6.07) is 6.67. The predicted molar refractivity (Wildman–Crippen MR) is 207 cm³/mol. The Hall–Kier alpha value is -2.66. The first-order chi connectivity index (χ1) is 25.8. The Morgan fingerprint density at radius 1 is 1.02 bits per heavy atom. The summed E-state index contributed by atoms with van der Waals surface area (Å²) in [6.07, 6.45) is -3.74. The molecule has 0 radical (unpaired) electrons. The molecule has 3 saturated heterocycles. The van der Waals surface area contributed by atoms with E-state index in [1.807, 2.05) is 70.2 Å². The summed E-state index contributed by atoms with van der Waals surface area (Å²) in [4.78, 5) is 35.6. The average molecular weight is 775 g/mol. The van der Waals surface area contributed by atoms with Crippen LogP contribution in [0.15, 0.2) is 30.5 Å². The second-order valence-electron chi connectivity index (χ2n) is 17.3. The third-order valence-corrected chi connectivity index (χ3v) is 12.3. The average Bonchev–Trinajstić information content (AvgIpc) is 3.53. The summed E-state index contributed by atoms with van der Waals surface area (Å²) in [5.74, 6) is -2.49. The number of para-hydroxylation sites is 1. The summed E-state index contributed by atoms with van der Waals surface area (Å²) >= 11 is 0. The predicted octanol–water partition coefficient (Wildman–Crippen LogP) is 2.81. The molecule has 5 rings (SSSR count). The van der Waals surface area contributed by atoms with Crippen molar-refractivity contribution in [2.45, 2.75) is 147 Å². The normalized spacial score (nSPS) is 41.4. The highest BCUT2D eigenvalue weighted by atomic mass is 16.7. The molecular formula is C41H66N4O10. The highest BCUT2D eigenvalue weighted by molar-refractivity contribution is 5.90. The van der Waals surface area contributed by atoms with Gasteiger partial charge in [-0.3, -0.25) is 9.59 Å². The minimum atomic E-state index is -1.55. The zero-order valence-electron chi connectivity index (χ0n) is 34.5. The molecule has 3 fully saturated rings. The van der Waals surface area contributed by atoms with Crippen molar-refractivity contribution in [1.82, 2.24) is 20.1 Å². The molecule has 5 unspecified atom stereocenters. The van der Waals surface area contributed by atoms with E-state index < -0.39 is 78.1 Å². The highest BCUT2D eigenvalue weighted by Gasteiger charge is 2.51. The number of ether oxygens (including phenoxy) is 5. The number of aromatic amines is 1. The van der Waals surface area contributed by atoms with E-state index in [2.05, 4.69) is 10.3 Å². The van der Waals surface area contributed by atoms with E-state index in [9.17, 15) is 24.9 Å². The quantitative estimate of drug-likeness (QED) is 0.267. The lowest BCUT2D eigenvalue weighted by molar-refractivity contribution is -0.317. The minimum absolute atomic E-state index is 0.157. The Labute approximate surface area is 326 Å². The molecule has 3 aliphatic rings. The molecule has 1 aromatic heterocycles. The molecule has 0 bridgehead atoms. The third-order valence-electron chi connectivity index (χ3n) is 12.3. The van der Waals surface area contributed by atoms with Crippen molar-refractivity contribution in [2.24, 2.45) is 17.8 Å². The fourth-order valence-electron chi connectivity index (χ4n) is 9.16. The number of H-pyrrole nitrogens is 1. The molecule has 55 heavy (non-hydrogen) atoms. The van der Waals surface area contributed by atoms with Gasteiger partial charge in [0.05, 0.1) is 41.5 Å². The van der Waals surface area contributed by atoms with Gasteiger partial charge >= 0.3 is 0 Å². The second-order valence-corrected chi connectivity index (χ2v) is 17.3. The fourth-order valence-corrected chi connectivity index (χ4v) is 9.16. The van der Waals surface area contributed by atoms with Crippen molar-refractivity contribution in [3.63, 3.8) is 0 Å². The Morgan fingerprint density at radius 2 is 1.71 bits per heavy atom. The molecule has 2 aromatic rings. The van der Waals surface area contributed by atoms with Crippen LogP contribution in [0.3, 0.4) is 0 Å². The molecule has 5 N–H and O–H groups in total. The van der Waals surface area contributed by atoms with Crippen LogP contribution in [0, 0.1) is 17.8 Å². The first-order valence-corrected chi connectivity index (χ1v) is 19.8. The van der Waals surface area contributed by atoms with Gasteiger partial charge in [0.2, 0.25) is 11.8 Å². The van der Waals surface area contributed by atoms with Gasteiger partial charge in [-0.15, -0.1) is 0 Å². The Morgan fingerprint density at radius 3 is 2.38 bits per heavy atom. The number of aliphatic hydroxyl groups excluding tert-OH is 2. The minimum Gasteiger partial charge on any atom is -0.387 e.